The lowest BCUT2D eigenvalue weighted by atomic mass is 9.95. The predicted molar refractivity (Wildman–Crippen MR) is 94.6 cm³/mol. The fraction of sp³-hybridized carbons (Fsp3) is 0.562. The molecule has 0 bridgehead atoms. The Kier molecular flexibility index (Phi) is 6.62. The summed E-state index contributed by atoms with van der Waals surface area (Å²) in [7, 11) is -1.78. The van der Waals surface area contributed by atoms with Crippen LogP contribution in [0.25, 0.3) is 0 Å². The van der Waals surface area contributed by atoms with Crippen LogP contribution in [0.1, 0.15) is 24.0 Å². The topological polar surface area (TPSA) is 66.5 Å². The lowest BCUT2D eigenvalue weighted by molar-refractivity contribution is -0.134. The summed E-state index contributed by atoms with van der Waals surface area (Å²) in [6.45, 7) is 3.52. The first kappa shape index (κ1) is 19.9. The van der Waals surface area contributed by atoms with E-state index in [-0.39, 0.29) is 18.3 Å². The quantitative estimate of drug-likeness (QED) is 0.884. The van der Waals surface area contributed by atoms with Crippen LogP contribution >= 0.6 is 12.4 Å². The molecule has 1 aromatic rings. The number of carbonyl (C=O) groups excluding carboxylic acids is 1. The van der Waals surface area contributed by atoms with Crippen LogP contribution in [0.3, 0.4) is 0 Å². The Bertz CT molecular complexity index is 655. The molecule has 1 heterocycles. The first-order valence-electron chi connectivity index (χ1n) is 7.48. The Morgan fingerprint density at radius 1 is 1.26 bits per heavy atom. The number of aryl methyl sites for hydroxylation is 1. The summed E-state index contributed by atoms with van der Waals surface area (Å²) in [4.78, 5) is 14.5. The molecule has 23 heavy (non-hydrogen) atoms. The first-order chi connectivity index (χ1) is 10.3. The fourth-order valence-electron chi connectivity index (χ4n) is 3.04. The fourth-order valence-corrected chi connectivity index (χ4v) is 4.46. The van der Waals surface area contributed by atoms with Crippen LogP contribution in [-0.2, 0) is 21.2 Å². The Morgan fingerprint density at radius 2 is 1.83 bits per heavy atom. The van der Waals surface area contributed by atoms with Crippen molar-refractivity contribution in [2.75, 3.05) is 26.4 Å². The number of halogens is 1. The zero-order valence-corrected chi connectivity index (χ0v) is 15.5. The minimum atomic E-state index is -3.47. The first-order valence-corrected chi connectivity index (χ1v) is 9.37. The van der Waals surface area contributed by atoms with E-state index in [0.29, 0.717) is 32.5 Å². The number of hydrogen-bond donors (Lipinski definition) is 1. The predicted octanol–water partition coefficient (Wildman–Crippen LogP) is 1.54. The van der Waals surface area contributed by atoms with E-state index in [2.05, 4.69) is 5.32 Å². The van der Waals surface area contributed by atoms with Crippen molar-refractivity contribution in [2.45, 2.75) is 31.1 Å². The number of nitrogens with one attached hydrogen (secondary N) is 1. The number of sulfone groups is 1. The third kappa shape index (κ3) is 4.05. The zero-order valence-electron chi connectivity index (χ0n) is 13.8. The summed E-state index contributed by atoms with van der Waals surface area (Å²) in [6.07, 6.45) is 1.85. The number of nitrogens with zero attached hydrogens (tertiary/aromatic N) is 1. The van der Waals surface area contributed by atoms with Crippen molar-refractivity contribution in [1.82, 2.24) is 10.2 Å². The average molecular weight is 361 g/mol. The van der Waals surface area contributed by atoms with Crippen LogP contribution in [0.2, 0.25) is 0 Å². The van der Waals surface area contributed by atoms with Crippen molar-refractivity contribution in [2.24, 2.45) is 0 Å². The lowest BCUT2D eigenvalue weighted by Crippen LogP contribution is -2.57. The van der Waals surface area contributed by atoms with E-state index < -0.39 is 14.6 Å². The molecule has 1 N–H and O–H groups in total. The highest BCUT2D eigenvalue weighted by Crippen LogP contribution is 2.30. The van der Waals surface area contributed by atoms with Gasteiger partial charge in [0.05, 0.1) is 0 Å². The van der Waals surface area contributed by atoms with Gasteiger partial charge in [-0.25, -0.2) is 8.42 Å². The summed E-state index contributed by atoms with van der Waals surface area (Å²) in [5.41, 5.74) is 2.14. The molecule has 130 valence electrons. The van der Waals surface area contributed by atoms with Crippen molar-refractivity contribution < 1.29 is 13.2 Å². The number of benzene rings is 1. The Labute approximate surface area is 144 Å². The number of rotatable bonds is 4. The second kappa shape index (κ2) is 7.64. The Morgan fingerprint density at radius 3 is 2.35 bits per heavy atom. The molecule has 0 aromatic heterocycles. The standard InChI is InChI=1S/C16H24N2O3S.ClH/c1-13-6-4-5-7-14(13)12-18(2)15(19)16(22(3,20)21)8-10-17-11-9-16;/h4-7,17H,8-12H2,1-3H3;1H. The maximum absolute atomic E-state index is 12.9. The highest BCUT2D eigenvalue weighted by molar-refractivity contribution is 7.92. The maximum Gasteiger partial charge on any atom is 0.244 e. The van der Waals surface area contributed by atoms with Gasteiger partial charge in [0, 0.05) is 19.8 Å². The molecule has 0 saturated carbocycles. The van der Waals surface area contributed by atoms with Crippen LogP contribution in [0.4, 0.5) is 0 Å². The molecule has 0 atom stereocenters. The summed E-state index contributed by atoms with van der Waals surface area (Å²) in [6, 6.07) is 7.84. The third-order valence-corrected chi connectivity index (χ3v) is 6.53. The molecule has 1 fully saturated rings. The van der Waals surface area contributed by atoms with E-state index >= 15 is 0 Å². The van der Waals surface area contributed by atoms with E-state index in [0.717, 1.165) is 11.1 Å². The largest absolute Gasteiger partial charge is 0.340 e. The van der Waals surface area contributed by atoms with Crippen LogP contribution in [0.5, 0.6) is 0 Å². The molecule has 0 unspecified atom stereocenters. The van der Waals surface area contributed by atoms with Gasteiger partial charge in [-0.3, -0.25) is 4.79 Å². The SMILES string of the molecule is Cc1ccccc1CN(C)C(=O)C1(S(C)(=O)=O)CCNCC1.Cl. The van der Waals surface area contributed by atoms with Crippen LogP contribution in [-0.4, -0.2) is 50.4 Å². The third-order valence-electron chi connectivity index (χ3n) is 4.53. The molecule has 0 radical (unpaired) electrons. The zero-order chi connectivity index (χ0) is 16.4. The molecule has 5 nitrogen and oxygen atoms in total. The van der Waals surface area contributed by atoms with E-state index in [9.17, 15) is 13.2 Å². The van der Waals surface area contributed by atoms with Crippen molar-refractivity contribution in [3.8, 4) is 0 Å². The van der Waals surface area contributed by atoms with Gasteiger partial charge >= 0.3 is 0 Å². The smallest absolute Gasteiger partial charge is 0.244 e. The normalized spacial score (nSPS) is 17.2. The molecular formula is C16H25ClN2O3S. The Hall–Kier alpha value is -1.11. The summed E-state index contributed by atoms with van der Waals surface area (Å²) < 4.78 is 23.3. The van der Waals surface area contributed by atoms with E-state index in [1.54, 1.807) is 11.9 Å². The highest BCUT2D eigenvalue weighted by Gasteiger charge is 2.49. The minimum Gasteiger partial charge on any atom is -0.340 e. The molecule has 7 heteroatoms. The van der Waals surface area contributed by atoms with Gasteiger partial charge in [0.2, 0.25) is 5.91 Å². The van der Waals surface area contributed by atoms with Crippen LogP contribution in [0.15, 0.2) is 24.3 Å². The molecule has 2 rings (SSSR count). The van der Waals surface area contributed by atoms with Gasteiger partial charge in [0.1, 0.15) is 0 Å². The van der Waals surface area contributed by atoms with Crippen LogP contribution in [0, 0.1) is 6.92 Å². The van der Waals surface area contributed by atoms with Gasteiger partial charge in [0.25, 0.3) is 0 Å². The van der Waals surface area contributed by atoms with Crippen molar-refractivity contribution >= 4 is 28.2 Å². The molecule has 1 aliphatic rings. The van der Waals surface area contributed by atoms with Gasteiger partial charge < -0.3 is 10.2 Å². The second-order valence-electron chi connectivity index (χ2n) is 6.10. The molecule has 1 aliphatic heterocycles. The minimum absolute atomic E-state index is 0. The average Bonchev–Trinajstić information content (AvgIpc) is 2.48. The number of hydrogen-bond acceptors (Lipinski definition) is 4. The van der Waals surface area contributed by atoms with Crippen LogP contribution < -0.4 is 5.32 Å². The van der Waals surface area contributed by atoms with Gasteiger partial charge in [0.15, 0.2) is 14.6 Å². The number of piperidine rings is 1. The second-order valence-corrected chi connectivity index (χ2v) is 8.43. The van der Waals surface area contributed by atoms with Gasteiger partial charge in [-0.1, -0.05) is 24.3 Å². The van der Waals surface area contributed by atoms with Crippen molar-refractivity contribution in [3.63, 3.8) is 0 Å². The summed E-state index contributed by atoms with van der Waals surface area (Å²) >= 11 is 0. The van der Waals surface area contributed by atoms with E-state index in [1.807, 2.05) is 31.2 Å². The summed E-state index contributed by atoms with van der Waals surface area (Å²) in [5, 5.41) is 3.13. The molecule has 1 aromatic carbocycles. The lowest BCUT2D eigenvalue weighted by Gasteiger charge is -2.37. The highest BCUT2D eigenvalue weighted by atomic mass is 35.5. The van der Waals surface area contributed by atoms with Gasteiger partial charge in [-0.15, -0.1) is 12.4 Å². The van der Waals surface area contributed by atoms with Crippen molar-refractivity contribution in [3.05, 3.63) is 35.4 Å². The molecule has 0 spiro atoms. The van der Waals surface area contributed by atoms with E-state index in [4.69, 9.17) is 0 Å². The number of carbonyl (C=O) groups is 1. The van der Waals surface area contributed by atoms with Gasteiger partial charge in [-0.05, 0) is 44.0 Å². The van der Waals surface area contributed by atoms with E-state index in [1.165, 1.54) is 6.26 Å². The Balaban J connectivity index is 0.00000264. The molecular weight excluding hydrogens is 336 g/mol. The monoisotopic (exact) mass is 360 g/mol. The van der Waals surface area contributed by atoms with Gasteiger partial charge in [-0.2, -0.15) is 0 Å². The molecule has 0 aliphatic carbocycles. The number of amides is 1. The summed E-state index contributed by atoms with van der Waals surface area (Å²) in [5.74, 6) is -0.292. The maximum atomic E-state index is 12.9. The molecule has 1 saturated heterocycles. The van der Waals surface area contributed by atoms with Crippen molar-refractivity contribution in [1.29, 1.82) is 0 Å². The molecule has 1 amide bonds.